The number of hydrogen-bond acceptors (Lipinski definition) is 5. The van der Waals surface area contributed by atoms with Crippen molar-refractivity contribution in [1.82, 2.24) is 9.97 Å². The summed E-state index contributed by atoms with van der Waals surface area (Å²) in [6.45, 7) is 3.63. The van der Waals surface area contributed by atoms with E-state index < -0.39 is 0 Å². The highest BCUT2D eigenvalue weighted by molar-refractivity contribution is 6.28. The van der Waals surface area contributed by atoms with Gasteiger partial charge in [-0.05, 0) is 29.8 Å². The Kier molecular flexibility index (Phi) is 4.10. The van der Waals surface area contributed by atoms with Gasteiger partial charge in [0.15, 0.2) is 0 Å². The summed E-state index contributed by atoms with van der Waals surface area (Å²) >= 11 is 5.85. The molecule has 0 spiro atoms. The minimum Gasteiger partial charge on any atom is -0.495 e. The highest BCUT2D eigenvalue weighted by Crippen LogP contribution is 2.28. The molecule has 6 heteroatoms. The largest absolute Gasteiger partial charge is 0.495 e. The number of nitrogens with zero attached hydrogens (tertiary/aromatic N) is 4. The van der Waals surface area contributed by atoms with Crippen LogP contribution in [0.4, 0.5) is 11.5 Å². The zero-order chi connectivity index (χ0) is 14.7. The Morgan fingerprint density at radius 2 is 1.76 bits per heavy atom. The number of aromatic nitrogens is 2. The number of rotatable bonds is 3. The van der Waals surface area contributed by atoms with Crippen molar-refractivity contribution in [1.29, 1.82) is 0 Å². The van der Waals surface area contributed by atoms with Crippen LogP contribution in [0.3, 0.4) is 0 Å². The van der Waals surface area contributed by atoms with Gasteiger partial charge in [-0.1, -0.05) is 12.1 Å². The van der Waals surface area contributed by atoms with Crippen LogP contribution in [-0.4, -0.2) is 43.3 Å². The molecule has 0 unspecified atom stereocenters. The standard InChI is InChI=1S/C15H17ClN4O/c1-21-13-5-3-2-4-12(13)19-8-10-20(11-9-19)14-6-7-17-15(16)18-14/h2-7H,8-11H2,1H3. The van der Waals surface area contributed by atoms with Crippen molar-refractivity contribution in [3.8, 4) is 5.75 Å². The second kappa shape index (κ2) is 6.18. The van der Waals surface area contributed by atoms with Gasteiger partial charge in [0.25, 0.3) is 0 Å². The molecule has 0 saturated carbocycles. The number of piperazine rings is 1. The van der Waals surface area contributed by atoms with Gasteiger partial charge >= 0.3 is 0 Å². The molecule has 0 N–H and O–H groups in total. The van der Waals surface area contributed by atoms with E-state index in [0.29, 0.717) is 5.28 Å². The van der Waals surface area contributed by atoms with Gasteiger partial charge in [-0.25, -0.2) is 9.97 Å². The molecule has 2 aromatic rings. The fourth-order valence-corrected chi connectivity index (χ4v) is 2.71. The van der Waals surface area contributed by atoms with Gasteiger partial charge in [-0.2, -0.15) is 0 Å². The lowest BCUT2D eigenvalue weighted by Crippen LogP contribution is -2.47. The van der Waals surface area contributed by atoms with Crippen LogP contribution in [-0.2, 0) is 0 Å². The molecule has 1 saturated heterocycles. The Bertz CT molecular complexity index is 614. The van der Waals surface area contributed by atoms with Crippen LogP contribution in [0.2, 0.25) is 5.28 Å². The smallest absolute Gasteiger partial charge is 0.224 e. The maximum atomic E-state index is 5.85. The van der Waals surface area contributed by atoms with Crippen LogP contribution in [0, 0.1) is 0 Å². The molecule has 0 aliphatic carbocycles. The lowest BCUT2D eigenvalue weighted by Gasteiger charge is -2.37. The summed E-state index contributed by atoms with van der Waals surface area (Å²) in [7, 11) is 1.71. The Hall–Kier alpha value is -2.01. The lowest BCUT2D eigenvalue weighted by molar-refractivity contribution is 0.413. The Morgan fingerprint density at radius 3 is 2.48 bits per heavy atom. The van der Waals surface area contributed by atoms with Crippen molar-refractivity contribution in [3.05, 3.63) is 41.8 Å². The number of halogens is 1. The summed E-state index contributed by atoms with van der Waals surface area (Å²) in [6, 6.07) is 10.0. The van der Waals surface area contributed by atoms with Crippen LogP contribution in [0.25, 0.3) is 0 Å². The average Bonchev–Trinajstić information content (AvgIpc) is 2.55. The van der Waals surface area contributed by atoms with Gasteiger partial charge in [-0.15, -0.1) is 0 Å². The summed E-state index contributed by atoms with van der Waals surface area (Å²) in [5.74, 6) is 1.80. The molecule has 0 atom stereocenters. The van der Waals surface area contributed by atoms with Crippen molar-refractivity contribution in [2.75, 3.05) is 43.1 Å². The zero-order valence-electron chi connectivity index (χ0n) is 11.9. The van der Waals surface area contributed by atoms with E-state index in [9.17, 15) is 0 Å². The number of para-hydroxylation sites is 2. The molecule has 3 rings (SSSR count). The molecular formula is C15H17ClN4O. The third kappa shape index (κ3) is 3.03. The van der Waals surface area contributed by atoms with Gasteiger partial charge in [0.05, 0.1) is 12.8 Å². The zero-order valence-corrected chi connectivity index (χ0v) is 12.6. The third-order valence-electron chi connectivity index (χ3n) is 3.64. The topological polar surface area (TPSA) is 41.5 Å². The molecule has 1 fully saturated rings. The number of hydrogen-bond donors (Lipinski definition) is 0. The van der Waals surface area contributed by atoms with E-state index in [1.165, 1.54) is 0 Å². The van der Waals surface area contributed by atoms with E-state index >= 15 is 0 Å². The Labute approximate surface area is 129 Å². The van der Waals surface area contributed by atoms with Crippen LogP contribution >= 0.6 is 11.6 Å². The molecule has 1 aromatic carbocycles. The lowest BCUT2D eigenvalue weighted by atomic mass is 10.2. The highest BCUT2D eigenvalue weighted by Gasteiger charge is 2.20. The van der Waals surface area contributed by atoms with Gasteiger partial charge in [0.1, 0.15) is 11.6 Å². The molecule has 1 aliphatic heterocycles. The number of methoxy groups -OCH3 is 1. The summed E-state index contributed by atoms with van der Waals surface area (Å²) in [5, 5.41) is 0.291. The van der Waals surface area contributed by atoms with Crippen LogP contribution in [0.15, 0.2) is 36.5 Å². The third-order valence-corrected chi connectivity index (χ3v) is 3.82. The molecule has 0 radical (unpaired) electrons. The Balaban J connectivity index is 1.70. The molecule has 1 aliphatic rings. The van der Waals surface area contributed by atoms with Crippen LogP contribution < -0.4 is 14.5 Å². The maximum Gasteiger partial charge on any atom is 0.224 e. The fourth-order valence-electron chi connectivity index (χ4n) is 2.57. The highest BCUT2D eigenvalue weighted by atomic mass is 35.5. The van der Waals surface area contributed by atoms with E-state index in [-0.39, 0.29) is 0 Å². The minimum atomic E-state index is 0.291. The average molecular weight is 305 g/mol. The van der Waals surface area contributed by atoms with Crippen molar-refractivity contribution in [3.63, 3.8) is 0 Å². The van der Waals surface area contributed by atoms with Crippen molar-refractivity contribution < 1.29 is 4.74 Å². The monoisotopic (exact) mass is 304 g/mol. The first kappa shape index (κ1) is 13.9. The predicted molar refractivity (Wildman–Crippen MR) is 84.5 cm³/mol. The van der Waals surface area contributed by atoms with E-state index in [1.807, 2.05) is 24.3 Å². The van der Waals surface area contributed by atoms with Gasteiger partial charge < -0.3 is 14.5 Å². The molecule has 0 bridgehead atoms. The summed E-state index contributed by atoms with van der Waals surface area (Å²) in [4.78, 5) is 12.7. The molecule has 1 aromatic heterocycles. The number of benzene rings is 1. The van der Waals surface area contributed by atoms with Crippen LogP contribution in [0.5, 0.6) is 5.75 Å². The Morgan fingerprint density at radius 1 is 1.05 bits per heavy atom. The van der Waals surface area contributed by atoms with E-state index in [4.69, 9.17) is 16.3 Å². The van der Waals surface area contributed by atoms with Gasteiger partial charge in [0, 0.05) is 32.4 Å². The van der Waals surface area contributed by atoms with Crippen molar-refractivity contribution >= 4 is 23.1 Å². The first-order chi connectivity index (χ1) is 10.3. The molecule has 110 valence electrons. The second-order valence-electron chi connectivity index (χ2n) is 4.83. The molecule has 5 nitrogen and oxygen atoms in total. The van der Waals surface area contributed by atoms with Gasteiger partial charge in [-0.3, -0.25) is 0 Å². The van der Waals surface area contributed by atoms with E-state index in [0.717, 1.165) is 43.4 Å². The van der Waals surface area contributed by atoms with Crippen LogP contribution in [0.1, 0.15) is 0 Å². The molecule has 21 heavy (non-hydrogen) atoms. The second-order valence-corrected chi connectivity index (χ2v) is 5.17. The molecule has 0 amide bonds. The first-order valence-corrected chi connectivity index (χ1v) is 7.27. The van der Waals surface area contributed by atoms with Crippen molar-refractivity contribution in [2.45, 2.75) is 0 Å². The summed E-state index contributed by atoms with van der Waals surface area (Å²) < 4.78 is 5.43. The normalized spacial score (nSPS) is 15.1. The number of anilines is 2. The molecular weight excluding hydrogens is 288 g/mol. The SMILES string of the molecule is COc1ccccc1N1CCN(c2ccnc(Cl)n2)CC1. The summed E-state index contributed by atoms with van der Waals surface area (Å²) in [6.07, 6.45) is 1.69. The fraction of sp³-hybridized carbons (Fsp3) is 0.333. The maximum absolute atomic E-state index is 5.85. The quantitative estimate of drug-likeness (QED) is 0.815. The number of ether oxygens (including phenoxy) is 1. The predicted octanol–water partition coefficient (Wildman–Crippen LogP) is 2.47. The van der Waals surface area contributed by atoms with Crippen molar-refractivity contribution in [2.24, 2.45) is 0 Å². The van der Waals surface area contributed by atoms with E-state index in [2.05, 4.69) is 25.8 Å². The molecule has 2 heterocycles. The minimum absolute atomic E-state index is 0.291. The van der Waals surface area contributed by atoms with E-state index in [1.54, 1.807) is 13.3 Å². The first-order valence-electron chi connectivity index (χ1n) is 6.89. The van der Waals surface area contributed by atoms with Gasteiger partial charge in [0.2, 0.25) is 5.28 Å². The summed E-state index contributed by atoms with van der Waals surface area (Å²) in [5.41, 5.74) is 1.14.